The van der Waals surface area contributed by atoms with Crippen LogP contribution in [0.2, 0.25) is 0 Å². The molecule has 1 aliphatic rings. The first-order valence-electron chi connectivity index (χ1n) is 9.63. The number of hydrogen-bond donors (Lipinski definition) is 1. The molecule has 1 aliphatic heterocycles. The minimum atomic E-state index is 0.250. The zero-order valence-corrected chi connectivity index (χ0v) is 15.6. The van der Waals surface area contributed by atoms with E-state index in [2.05, 4.69) is 24.4 Å². The van der Waals surface area contributed by atoms with Crippen LogP contribution in [0.3, 0.4) is 0 Å². The fraction of sp³-hybridized carbons (Fsp3) is 0.455. The van der Waals surface area contributed by atoms with Gasteiger partial charge in [-0.05, 0) is 61.2 Å². The lowest BCUT2D eigenvalue weighted by atomic mass is 10.2. The van der Waals surface area contributed by atoms with Crippen LogP contribution in [0.25, 0.3) is 0 Å². The third-order valence-electron chi connectivity index (χ3n) is 4.48. The van der Waals surface area contributed by atoms with Crippen molar-refractivity contribution in [3.63, 3.8) is 0 Å². The van der Waals surface area contributed by atoms with E-state index in [9.17, 15) is 0 Å². The topological polar surface area (TPSA) is 39.7 Å². The van der Waals surface area contributed by atoms with Crippen molar-refractivity contribution in [1.29, 1.82) is 0 Å². The van der Waals surface area contributed by atoms with Gasteiger partial charge in [0.1, 0.15) is 18.1 Å². The lowest BCUT2D eigenvalue weighted by Gasteiger charge is -2.12. The van der Waals surface area contributed by atoms with Crippen molar-refractivity contribution in [3.05, 3.63) is 54.1 Å². The number of unbranched alkanes of at least 4 members (excludes halogenated alkanes) is 1. The van der Waals surface area contributed by atoms with Gasteiger partial charge in [-0.3, -0.25) is 0 Å². The first kappa shape index (κ1) is 18.6. The Morgan fingerprint density at radius 2 is 1.96 bits per heavy atom. The molecule has 1 atom stereocenters. The first-order chi connectivity index (χ1) is 12.8. The molecular formula is C22H29NO3. The van der Waals surface area contributed by atoms with E-state index >= 15 is 0 Å². The Balaban J connectivity index is 1.44. The van der Waals surface area contributed by atoms with Gasteiger partial charge in [0, 0.05) is 18.8 Å². The van der Waals surface area contributed by atoms with Gasteiger partial charge in [-0.2, -0.15) is 0 Å². The zero-order valence-electron chi connectivity index (χ0n) is 15.6. The first-order valence-corrected chi connectivity index (χ1v) is 9.63. The highest BCUT2D eigenvalue weighted by Crippen LogP contribution is 2.20. The Hall–Kier alpha value is -2.20. The molecule has 1 saturated heterocycles. The molecule has 1 heterocycles. The maximum atomic E-state index is 5.80. The molecular weight excluding hydrogens is 326 g/mol. The third kappa shape index (κ3) is 5.95. The van der Waals surface area contributed by atoms with Crippen molar-refractivity contribution in [3.8, 4) is 11.5 Å². The Bertz CT molecular complexity index is 651. The van der Waals surface area contributed by atoms with E-state index in [1.165, 1.54) is 5.56 Å². The van der Waals surface area contributed by atoms with Crippen molar-refractivity contribution < 1.29 is 14.2 Å². The summed E-state index contributed by atoms with van der Waals surface area (Å²) in [5.74, 6) is 1.83. The van der Waals surface area contributed by atoms with Gasteiger partial charge >= 0.3 is 0 Å². The predicted octanol–water partition coefficient (Wildman–Crippen LogP) is 5.04. The number of anilines is 1. The Morgan fingerprint density at radius 1 is 1.08 bits per heavy atom. The van der Waals surface area contributed by atoms with Gasteiger partial charge in [-0.25, -0.2) is 0 Å². The Morgan fingerprint density at radius 3 is 2.73 bits per heavy atom. The molecule has 4 nitrogen and oxygen atoms in total. The van der Waals surface area contributed by atoms with Crippen LogP contribution in [0.4, 0.5) is 5.69 Å². The molecule has 0 aromatic heterocycles. The summed E-state index contributed by atoms with van der Waals surface area (Å²) in [4.78, 5) is 0. The number of benzene rings is 2. The third-order valence-corrected chi connectivity index (χ3v) is 4.48. The van der Waals surface area contributed by atoms with Crippen LogP contribution in [0.15, 0.2) is 48.5 Å². The summed E-state index contributed by atoms with van der Waals surface area (Å²) >= 11 is 0. The maximum Gasteiger partial charge on any atom is 0.119 e. The predicted molar refractivity (Wildman–Crippen MR) is 105 cm³/mol. The van der Waals surface area contributed by atoms with Crippen LogP contribution in [0.1, 0.15) is 38.2 Å². The van der Waals surface area contributed by atoms with Gasteiger partial charge in [0.05, 0.1) is 12.7 Å². The molecule has 0 radical (unpaired) electrons. The van der Waals surface area contributed by atoms with E-state index in [1.807, 2.05) is 36.4 Å². The highest BCUT2D eigenvalue weighted by atomic mass is 16.5. The van der Waals surface area contributed by atoms with E-state index in [0.717, 1.165) is 62.6 Å². The van der Waals surface area contributed by atoms with E-state index in [-0.39, 0.29) is 6.10 Å². The highest BCUT2D eigenvalue weighted by molar-refractivity contribution is 5.47. The smallest absolute Gasteiger partial charge is 0.119 e. The normalized spacial score (nSPS) is 16.4. The molecule has 2 aromatic rings. The fourth-order valence-electron chi connectivity index (χ4n) is 2.92. The van der Waals surface area contributed by atoms with Crippen LogP contribution >= 0.6 is 0 Å². The molecule has 1 fully saturated rings. The van der Waals surface area contributed by atoms with Gasteiger partial charge in [-0.15, -0.1) is 0 Å². The summed E-state index contributed by atoms with van der Waals surface area (Å²) in [5.41, 5.74) is 2.28. The van der Waals surface area contributed by atoms with Gasteiger partial charge < -0.3 is 19.5 Å². The summed E-state index contributed by atoms with van der Waals surface area (Å²) < 4.78 is 17.1. The quantitative estimate of drug-likeness (QED) is 0.606. The fourth-order valence-corrected chi connectivity index (χ4v) is 2.92. The molecule has 3 rings (SSSR count). The van der Waals surface area contributed by atoms with Gasteiger partial charge in [0.2, 0.25) is 0 Å². The average molecular weight is 355 g/mol. The number of nitrogens with one attached hydrogen (secondary N) is 1. The summed E-state index contributed by atoms with van der Waals surface area (Å²) in [5, 5.41) is 3.44. The standard InChI is InChI=1S/C22H29NO3/c1-2-3-13-24-21-7-4-6-18(15-21)16-23-19-9-11-20(12-10-19)26-17-22-8-5-14-25-22/h4,6-7,9-12,15,22-23H,2-3,5,8,13-14,16-17H2,1H3. The molecule has 0 spiro atoms. The van der Waals surface area contributed by atoms with Gasteiger partial charge in [0.15, 0.2) is 0 Å². The molecule has 1 unspecified atom stereocenters. The van der Waals surface area contributed by atoms with E-state index in [1.54, 1.807) is 0 Å². The van der Waals surface area contributed by atoms with Crippen molar-refractivity contribution in [2.24, 2.45) is 0 Å². The summed E-state index contributed by atoms with van der Waals surface area (Å²) in [6, 6.07) is 16.4. The van der Waals surface area contributed by atoms with Crippen LogP contribution in [0, 0.1) is 0 Å². The second-order valence-electron chi connectivity index (χ2n) is 6.67. The lowest BCUT2D eigenvalue weighted by molar-refractivity contribution is 0.0679. The number of hydrogen-bond acceptors (Lipinski definition) is 4. The monoisotopic (exact) mass is 355 g/mol. The summed E-state index contributed by atoms with van der Waals surface area (Å²) in [6.45, 7) is 5.21. The largest absolute Gasteiger partial charge is 0.494 e. The second kappa shape index (κ2) is 10.1. The molecule has 140 valence electrons. The second-order valence-corrected chi connectivity index (χ2v) is 6.67. The van der Waals surface area contributed by atoms with Crippen LogP contribution in [-0.2, 0) is 11.3 Å². The van der Waals surface area contributed by atoms with Crippen LogP contribution in [-0.4, -0.2) is 25.9 Å². The molecule has 0 saturated carbocycles. The molecule has 1 N–H and O–H groups in total. The Labute approximate surface area is 156 Å². The van der Waals surface area contributed by atoms with Crippen molar-refractivity contribution in [2.75, 3.05) is 25.1 Å². The van der Waals surface area contributed by atoms with E-state index < -0.39 is 0 Å². The SMILES string of the molecule is CCCCOc1cccc(CNc2ccc(OCC3CCCO3)cc2)c1. The van der Waals surface area contributed by atoms with Crippen molar-refractivity contribution in [1.82, 2.24) is 0 Å². The van der Waals surface area contributed by atoms with Crippen molar-refractivity contribution in [2.45, 2.75) is 45.3 Å². The number of ether oxygens (including phenoxy) is 3. The molecule has 0 bridgehead atoms. The average Bonchev–Trinajstić information content (AvgIpc) is 3.20. The molecule has 4 heteroatoms. The van der Waals surface area contributed by atoms with Crippen molar-refractivity contribution >= 4 is 5.69 Å². The molecule has 26 heavy (non-hydrogen) atoms. The van der Waals surface area contributed by atoms with E-state index in [0.29, 0.717) is 6.61 Å². The molecule has 0 aliphatic carbocycles. The summed E-state index contributed by atoms with van der Waals surface area (Å²) in [6.07, 6.45) is 4.72. The summed E-state index contributed by atoms with van der Waals surface area (Å²) in [7, 11) is 0. The lowest BCUT2D eigenvalue weighted by Crippen LogP contribution is -2.16. The minimum absolute atomic E-state index is 0.250. The number of rotatable bonds is 10. The molecule has 2 aromatic carbocycles. The Kier molecular flexibility index (Phi) is 7.20. The zero-order chi connectivity index (χ0) is 18.0. The molecule has 0 amide bonds. The van der Waals surface area contributed by atoms with E-state index in [4.69, 9.17) is 14.2 Å². The minimum Gasteiger partial charge on any atom is -0.494 e. The van der Waals surface area contributed by atoms with Gasteiger partial charge in [-0.1, -0.05) is 25.5 Å². The highest BCUT2D eigenvalue weighted by Gasteiger charge is 2.15. The van der Waals surface area contributed by atoms with Gasteiger partial charge in [0.25, 0.3) is 0 Å². The van der Waals surface area contributed by atoms with Crippen LogP contribution < -0.4 is 14.8 Å². The van der Waals surface area contributed by atoms with Crippen LogP contribution in [0.5, 0.6) is 11.5 Å². The maximum absolute atomic E-state index is 5.80.